The van der Waals surface area contributed by atoms with Gasteiger partial charge in [-0.15, -0.1) is 0 Å². The molecule has 0 saturated heterocycles. The zero-order valence-corrected chi connectivity index (χ0v) is 16.4. The zero-order chi connectivity index (χ0) is 17.1. The third-order valence-corrected chi connectivity index (χ3v) is 4.95. The van der Waals surface area contributed by atoms with Crippen molar-refractivity contribution < 1.29 is 15.0 Å². The van der Waals surface area contributed by atoms with Crippen molar-refractivity contribution in [1.29, 1.82) is 0 Å². The zero-order valence-electron chi connectivity index (χ0n) is 16.4. The van der Waals surface area contributed by atoms with Crippen LogP contribution in [0.25, 0.3) is 0 Å². The summed E-state index contributed by atoms with van der Waals surface area (Å²) in [4.78, 5) is 11.6. The van der Waals surface area contributed by atoms with Crippen LogP contribution in [0.15, 0.2) is 12.2 Å². The number of rotatable bonds is 0. The van der Waals surface area contributed by atoms with Gasteiger partial charge in [0.1, 0.15) is 0 Å². The van der Waals surface area contributed by atoms with E-state index >= 15 is 0 Å². The average molecular weight is 355 g/mol. The van der Waals surface area contributed by atoms with Gasteiger partial charge in [-0.3, -0.25) is 4.79 Å². The highest BCUT2D eigenvalue weighted by Crippen LogP contribution is 2.13. The van der Waals surface area contributed by atoms with E-state index in [2.05, 4.69) is 12.2 Å². The van der Waals surface area contributed by atoms with E-state index in [1.54, 1.807) is 0 Å². The van der Waals surface area contributed by atoms with Gasteiger partial charge in [0.2, 0.25) is 0 Å². The van der Waals surface area contributed by atoms with Crippen LogP contribution in [0.3, 0.4) is 0 Å². The smallest absolute Gasteiger partial charge is 0.305 e. The summed E-state index contributed by atoms with van der Waals surface area (Å²) in [5.41, 5.74) is 0. The molecule has 1 heterocycles. The van der Waals surface area contributed by atoms with Gasteiger partial charge in [0.05, 0.1) is 6.61 Å². The first-order valence-corrected chi connectivity index (χ1v) is 10.7. The molecule has 3 nitrogen and oxygen atoms in total. The summed E-state index contributed by atoms with van der Waals surface area (Å²) in [5, 5.41) is 0. The number of ether oxygens (including phenoxy) is 1. The van der Waals surface area contributed by atoms with Crippen molar-refractivity contribution in [1.82, 2.24) is 0 Å². The summed E-state index contributed by atoms with van der Waals surface area (Å²) >= 11 is 0. The Bertz CT molecular complexity index is 312. The molecule has 0 aromatic heterocycles. The van der Waals surface area contributed by atoms with Gasteiger partial charge in [0, 0.05) is 6.42 Å². The number of hydrogen-bond acceptors (Lipinski definition) is 2. The van der Waals surface area contributed by atoms with Gasteiger partial charge < -0.3 is 10.2 Å². The van der Waals surface area contributed by atoms with Crippen molar-refractivity contribution in [2.45, 2.75) is 116 Å². The summed E-state index contributed by atoms with van der Waals surface area (Å²) in [6, 6.07) is 0. The van der Waals surface area contributed by atoms with E-state index in [-0.39, 0.29) is 11.4 Å². The molecule has 0 saturated carbocycles. The lowest BCUT2D eigenvalue weighted by atomic mass is 10.1. The fraction of sp³-hybridized carbons (Fsp3) is 0.864. The molecule has 25 heavy (non-hydrogen) atoms. The Hall–Kier alpha value is -0.830. The highest BCUT2D eigenvalue weighted by atomic mass is 16.5. The molecule has 0 bridgehead atoms. The largest absolute Gasteiger partial charge is 0.466 e. The molecule has 0 atom stereocenters. The summed E-state index contributed by atoms with van der Waals surface area (Å²) < 4.78 is 5.32. The van der Waals surface area contributed by atoms with Crippen molar-refractivity contribution >= 4 is 5.97 Å². The van der Waals surface area contributed by atoms with Gasteiger partial charge in [-0.25, -0.2) is 0 Å². The summed E-state index contributed by atoms with van der Waals surface area (Å²) in [7, 11) is 0. The van der Waals surface area contributed by atoms with Crippen LogP contribution in [0.2, 0.25) is 0 Å². The Labute approximate surface area is 155 Å². The van der Waals surface area contributed by atoms with E-state index in [1.165, 1.54) is 96.3 Å². The highest BCUT2D eigenvalue weighted by molar-refractivity contribution is 5.69. The van der Waals surface area contributed by atoms with Gasteiger partial charge in [-0.1, -0.05) is 82.8 Å². The number of allylic oxidation sites excluding steroid dienone is 2. The van der Waals surface area contributed by atoms with Crippen molar-refractivity contribution in [2.75, 3.05) is 6.61 Å². The maximum atomic E-state index is 11.6. The molecule has 0 aromatic rings. The molecule has 148 valence electrons. The Morgan fingerprint density at radius 2 is 0.960 bits per heavy atom. The summed E-state index contributed by atoms with van der Waals surface area (Å²) in [6.45, 7) is 0.627. The van der Waals surface area contributed by atoms with Crippen LogP contribution in [0.1, 0.15) is 116 Å². The molecular weight excluding hydrogens is 312 g/mol. The van der Waals surface area contributed by atoms with Crippen molar-refractivity contribution in [3.05, 3.63) is 12.2 Å². The molecule has 1 rings (SSSR count). The predicted octanol–water partition coefficient (Wildman–Crippen LogP) is 6.30. The van der Waals surface area contributed by atoms with Crippen LogP contribution in [0.5, 0.6) is 0 Å². The van der Waals surface area contributed by atoms with Gasteiger partial charge >= 0.3 is 5.97 Å². The van der Waals surface area contributed by atoms with E-state index < -0.39 is 0 Å². The number of cyclic esters (lactones) is 1. The second-order valence-electron chi connectivity index (χ2n) is 7.32. The van der Waals surface area contributed by atoms with E-state index in [4.69, 9.17) is 4.74 Å². The van der Waals surface area contributed by atoms with E-state index in [0.29, 0.717) is 13.0 Å². The summed E-state index contributed by atoms with van der Waals surface area (Å²) in [5.74, 6) is 0.0141. The van der Waals surface area contributed by atoms with E-state index in [9.17, 15) is 4.79 Å². The molecular formula is C22H42O3. The molecule has 0 amide bonds. The molecule has 0 aromatic carbocycles. The van der Waals surface area contributed by atoms with Crippen molar-refractivity contribution in [3.8, 4) is 0 Å². The van der Waals surface area contributed by atoms with Crippen LogP contribution >= 0.6 is 0 Å². The Kier molecular flexibility index (Phi) is 18.8. The molecule has 0 fully saturated rings. The normalized spacial score (nSPS) is 23.0. The molecule has 1 aliphatic rings. The minimum atomic E-state index is 0. The van der Waals surface area contributed by atoms with Crippen LogP contribution in [0, 0.1) is 0 Å². The third-order valence-electron chi connectivity index (χ3n) is 4.95. The third kappa shape index (κ3) is 17.8. The topological polar surface area (TPSA) is 57.8 Å². The minimum absolute atomic E-state index is 0. The van der Waals surface area contributed by atoms with Crippen molar-refractivity contribution in [3.63, 3.8) is 0 Å². The van der Waals surface area contributed by atoms with Crippen LogP contribution < -0.4 is 0 Å². The Morgan fingerprint density at radius 1 is 0.560 bits per heavy atom. The second kappa shape index (κ2) is 19.5. The second-order valence-corrected chi connectivity index (χ2v) is 7.32. The van der Waals surface area contributed by atoms with E-state index in [1.807, 2.05) is 0 Å². The molecule has 1 aliphatic heterocycles. The molecule has 0 unspecified atom stereocenters. The van der Waals surface area contributed by atoms with E-state index in [0.717, 1.165) is 12.8 Å². The van der Waals surface area contributed by atoms with Gasteiger partial charge in [-0.05, 0) is 38.5 Å². The first-order chi connectivity index (χ1) is 11.9. The fourth-order valence-electron chi connectivity index (χ4n) is 3.33. The molecule has 0 aliphatic carbocycles. The summed E-state index contributed by atoms with van der Waals surface area (Å²) in [6.07, 6.45) is 27.1. The standard InChI is InChI=1S/C22H40O2.H2O/c23-22-20-18-16-14-12-10-8-6-4-2-1-3-5-7-9-11-13-15-17-19-21-24-22;/h3,5H,1-2,4,6-21H2;1H2/b5-3-;. The molecule has 3 heteroatoms. The fourth-order valence-corrected chi connectivity index (χ4v) is 3.33. The molecule has 2 N–H and O–H groups in total. The van der Waals surface area contributed by atoms with Gasteiger partial charge in [0.15, 0.2) is 0 Å². The lowest BCUT2D eigenvalue weighted by Crippen LogP contribution is -2.05. The lowest BCUT2D eigenvalue weighted by molar-refractivity contribution is -0.143. The maximum Gasteiger partial charge on any atom is 0.305 e. The SMILES string of the molecule is O.O=C1CCCCCCCCCCC/C=C\CCCCCCCCO1. The molecule has 0 radical (unpaired) electrons. The minimum Gasteiger partial charge on any atom is -0.466 e. The number of carbonyl (C=O) groups is 1. The van der Waals surface area contributed by atoms with Crippen molar-refractivity contribution in [2.24, 2.45) is 0 Å². The number of carbonyl (C=O) groups excluding carboxylic acids is 1. The Balaban J connectivity index is 0.00000576. The van der Waals surface area contributed by atoms with Crippen LogP contribution in [-0.4, -0.2) is 18.1 Å². The lowest BCUT2D eigenvalue weighted by Gasteiger charge is -2.05. The van der Waals surface area contributed by atoms with Gasteiger partial charge in [-0.2, -0.15) is 0 Å². The first kappa shape index (κ1) is 24.2. The Morgan fingerprint density at radius 3 is 1.48 bits per heavy atom. The number of esters is 1. The van der Waals surface area contributed by atoms with Crippen LogP contribution in [-0.2, 0) is 9.53 Å². The monoisotopic (exact) mass is 354 g/mol. The predicted molar refractivity (Wildman–Crippen MR) is 107 cm³/mol. The number of hydrogen-bond donors (Lipinski definition) is 0. The average Bonchev–Trinajstić information content (AvgIpc) is 2.58. The highest BCUT2D eigenvalue weighted by Gasteiger charge is 2.02. The van der Waals surface area contributed by atoms with Gasteiger partial charge in [0.25, 0.3) is 0 Å². The quantitative estimate of drug-likeness (QED) is 0.379. The van der Waals surface area contributed by atoms with Crippen LogP contribution in [0.4, 0.5) is 0 Å². The molecule has 0 spiro atoms. The maximum absolute atomic E-state index is 11.6. The first-order valence-electron chi connectivity index (χ1n) is 10.7.